The second kappa shape index (κ2) is 5.93. The van der Waals surface area contributed by atoms with Crippen molar-refractivity contribution in [1.82, 2.24) is 4.98 Å². The fourth-order valence-corrected chi connectivity index (χ4v) is 3.06. The summed E-state index contributed by atoms with van der Waals surface area (Å²) in [6.45, 7) is 2.11. The third-order valence-corrected chi connectivity index (χ3v) is 4.34. The Morgan fingerprint density at radius 2 is 1.83 bits per heavy atom. The zero-order valence-electron chi connectivity index (χ0n) is 13.8. The molecule has 0 spiro atoms. The average molecular weight is 314 g/mol. The van der Waals surface area contributed by atoms with Gasteiger partial charge in [-0.15, -0.1) is 0 Å². The number of rotatable bonds is 2. The van der Waals surface area contributed by atoms with Gasteiger partial charge in [0.15, 0.2) is 0 Å². The number of aryl methyl sites for hydroxylation is 1. The first-order valence-corrected chi connectivity index (χ1v) is 8.01. The fourth-order valence-electron chi connectivity index (χ4n) is 3.06. The average Bonchev–Trinajstić information content (AvgIpc) is 2.78. The molecule has 1 aliphatic rings. The second-order valence-corrected chi connectivity index (χ2v) is 6.00. The van der Waals surface area contributed by atoms with Gasteiger partial charge >= 0.3 is 0 Å². The van der Waals surface area contributed by atoms with Crippen molar-refractivity contribution in [2.45, 2.75) is 13.3 Å². The number of hydrogen-bond donors (Lipinski definition) is 0. The summed E-state index contributed by atoms with van der Waals surface area (Å²) in [5, 5.41) is 0. The Hall–Kier alpha value is -2.94. The molecule has 1 aliphatic heterocycles. The van der Waals surface area contributed by atoms with Gasteiger partial charge in [-0.1, -0.05) is 17.7 Å². The van der Waals surface area contributed by atoms with Crippen LogP contribution in [0.3, 0.4) is 0 Å². The van der Waals surface area contributed by atoms with E-state index in [1.807, 2.05) is 30.5 Å². The minimum atomic E-state index is 0.801. The highest BCUT2D eigenvalue weighted by atomic mass is 16.5. The Morgan fingerprint density at radius 3 is 2.62 bits per heavy atom. The lowest BCUT2D eigenvalue weighted by molar-refractivity contribution is 0.415. The van der Waals surface area contributed by atoms with Crippen molar-refractivity contribution in [1.29, 1.82) is 0 Å². The number of aromatic nitrogens is 1. The number of fused-ring (bicyclic) bond motifs is 2. The first kappa shape index (κ1) is 14.6. The Kier molecular flexibility index (Phi) is 3.62. The third kappa shape index (κ3) is 2.58. The van der Waals surface area contributed by atoms with E-state index in [4.69, 9.17) is 9.73 Å². The van der Waals surface area contributed by atoms with E-state index in [0.29, 0.717) is 0 Å². The summed E-state index contributed by atoms with van der Waals surface area (Å²) in [6.07, 6.45) is 2.63. The van der Waals surface area contributed by atoms with E-state index in [1.54, 1.807) is 7.11 Å². The topological polar surface area (TPSA) is 34.5 Å². The molecule has 3 heteroatoms. The standard InChI is InChI=1S/C21H18N2O/c1-14-5-6-16-13-20-19(4-3-11-22-20)23-21(18(16)12-14)15-7-9-17(24-2)10-8-15/h3-12H,13H2,1-2H3. The maximum absolute atomic E-state index is 5.28. The summed E-state index contributed by atoms with van der Waals surface area (Å²) >= 11 is 0. The monoisotopic (exact) mass is 314 g/mol. The molecular formula is C21H18N2O. The Labute approximate surface area is 141 Å². The van der Waals surface area contributed by atoms with E-state index in [0.717, 1.165) is 34.8 Å². The molecule has 0 saturated carbocycles. The Bertz CT molecular complexity index is 927. The van der Waals surface area contributed by atoms with Crippen LogP contribution in [0.1, 0.15) is 27.9 Å². The smallest absolute Gasteiger partial charge is 0.118 e. The van der Waals surface area contributed by atoms with E-state index in [9.17, 15) is 0 Å². The molecule has 0 bridgehead atoms. The van der Waals surface area contributed by atoms with Gasteiger partial charge < -0.3 is 4.74 Å². The highest BCUT2D eigenvalue weighted by Crippen LogP contribution is 2.30. The molecule has 0 amide bonds. The summed E-state index contributed by atoms with van der Waals surface area (Å²) < 4.78 is 5.28. The van der Waals surface area contributed by atoms with Crippen molar-refractivity contribution in [2.24, 2.45) is 4.99 Å². The van der Waals surface area contributed by atoms with Crippen LogP contribution in [0, 0.1) is 6.92 Å². The van der Waals surface area contributed by atoms with E-state index in [-0.39, 0.29) is 0 Å². The van der Waals surface area contributed by atoms with Gasteiger partial charge in [0.2, 0.25) is 0 Å². The Morgan fingerprint density at radius 1 is 1.00 bits per heavy atom. The molecule has 0 radical (unpaired) electrons. The van der Waals surface area contributed by atoms with Gasteiger partial charge in [0.25, 0.3) is 0 Å². The molecule has 0 atom stereocenters. The number of methoxy groups -OCH3 is 1. The third-order valence-electron chi connectivity index (χ3n) is 4.34. The quantitative estimate of drug-likeness (QED) is 0.547. The van der Waals surface area contributed by atoms with Crippen molar-refractivity contribution in [2.75, 3.05) is 7.11 Å². The van der Waals surface area contributed by atoms with Crippen LogP contribution >= 0.6 is 0 Å². The van der Waals surface area contributed by atoms with Crippen LogP contribution in [0.15, 0.2) is 65.8 Å². The molecule has 118 valence electrons. The van der Waals surface area contributed by atoms with Crippen LogP contribution in [-0.2, 0) is 6.42 Å². The number of aliphatic imine (C=N–C) groups is 1. The van der Waals surface area contributed by atoms with Crippen molar-refractivity contribution in [3.05, 3.63) is 88.7 Å². The van der Waals surface area contributed by atoms with Crippen LogP contribution in [0.4, 0.5) is 5.69 Å². The lowest BCUT2D eigenvalue weighted by Crippen LogP contribution is -2.06. The lowest BCUT2D eigenvalue weighted by atomic mass is 9.94. The predicted molar refractivity (Wildman–Crippen MR) is 96.5 cm³/mol. The van der Waals surface area contributed by atoms with Gasteiger partial charge in [-0.25, -0.2) is 4.99 Å². The summed E-state index contributed by atoms with van der Waals surface area (Å²) in [7, 11) is 1.68. The van der Waals surface area contributed by atoms with Crippen LogP contribution < -0.4 is 4.74 Å². The minimum absolute atomic E-state index is 0.801. The van der Waals surface area contributed by atoms with Crippen molar-refractivity contribution in [3.8, 4) is 5.75 Å². The highest BCUT2D eigenvalue weighted by molar-refractivity contribution is 6.15. The molecule has 3 aromatic rings. The minimum Gasteiger partial charge on any atom is -0.497 e. The molecule has 0 saturated heterocycles. The van der Waals surface area contributed by atoms with E-state index >= 15 is 0 Å². The van der Waals surface area contributed by atoms with Crippen LogP contribution in [0.25, 0.3) is 0 Å². The van der Waals surface area contributed by atoms with E-state index < -0.39 is 0 Å². The van der Waals surface area contributed by atoms with Gasteiger partial charge in [-0.3, -0.25) is 4.98 Å². The predicted octanol–water partition coefficient (Wildman–Crippen LogP) is 4.47. The SMILES string of the molecule is COc1ccc(C2=Nc3cccnc3Cc3ccc(C)cc32)cc1. The molecule has 4 rings (SSSR count). The first-order valence-electron chi connectivity index (χ1n) is 8.01. The summed E-state index contributed by atoms with van der Waals surface area (Å²) in [6, 6.07) is 18.6. The molecule has 0 N–H and O–H groups in total. The number of benzene rings is 2. The van der Waals surface area contributed by atoms with E-state index in [2.05, 4.69) is 42.2 Å². The van der Waals surface area contributed by atoms with E-state index in [1.165, 1.54) is 16.7 Å². The van der Waals surface area contributed by atoms with Crippen molar-refractivity contribution in [3.63, 3.8) is 0 Å². The zero-order valence-corrected chi connectivity index (χ0v) is 13.8. The van der Waals surface area contributed by atoms with Gasteiger partial charge in [-0.05, 0) is 55.0 Å². The van der Waals surface area contributed by atoms with Crippen LogP contribution in [0.2, 0.25) is 0 Å². The number of hydrogen-bond acceptors (Lipinski definition) is 3. The first-order chi connectivity index (χ1) is 11.7. The summed E-state index contributed by atoms with van der Waals surface area (Å²) in [4.78, 5) is 9.49. The Balaban J connectivity index is 1.95. The number of nitrogens with zero attached hydrogens (tertiary/aromatic N) is 2. The fraction of sp³-hybridized carbons (Fsp3) is 0.143. The van der Waals surface area contributed by atoms with Crippen LogP contribution in [0.5, 0.6) is 5.75 Å². The van der Waals surface area contributed by atoms with Gasteiger partial charge in [0.05, 0.1) is 24.2 Å². The molecule has 24 heavy (non-hydrogen) atoms. The number of pyridine rings is 1. The van der Waals surface area contributed by atoms with Gasteiger partial charge in [-0.2, -0.15) is 0 Å². The molecule has 2 heterocycles. The molecule has 3 nitrogen and oxygen atoms in total. The van der Waals surface area contributed by atoms with Gasteiger partial charge in [0, 0.05) is 23.7 Å². The normalized spacial score (nSPS) is 12.7. The second-order valence-electron chi connectivity index (χ2n) is 6.00. The summed E-state index contributed by atoms with van der Waals surface area (Å²) in [5.74, 6) is 0.847. The van der Waals surface area contributed by atoms with Crippen LogP contribution in [-0.4, -0.2) is 17.8 Å². The van der Waals surface area contributed by atoms with Crippen molar-refractivity contribution < 1.29 is 4.74 Å². The molecule has 0 aliphatic carbocycles. The maximum atomic E-state index is 5.28. The molecule has 2 aromatic carbocycles. The zero-order chi connectivity index (χ0) is 16.5. The van der Waals surface area contributed by atoms with Crippen molar-refractivity contribution >= 4 is 11.4 Å². The highest BCUT2D eigenvalue weighted by Gasteiger charge is 2.18. The van der Waals surface area contributed by atoms with Gasteiger partial charge in [0.1, 0.15) is 5.75 Å². The molecule has 0 fully saturated rings. The number of ether oxygens (including phenoxy) is 1. The molecule has 0 unspecified atom stereocenters. The maximum Gasteiger partial charge on any atom is 0.118 e. The molecule has 1 aromatic heterocycles. The lowest BCUT2D eigenvalue weighted by Gasteiger charge is -2.11. The largest absolute Gasteiger partial charge is 0.497 e. The molecular weight excluding hydrogens is 296 g/mol. The summed E-state index contributed by atoms with van der Waals surface area (Å²) in [5.41, 5.74) is 7.70.